The number of rotatable bonds is 21. The van der Waals surface area contributed by atoms with Crippen molar-refractivity contribution in [2.45, 2.75) is 212 Å². The normalized spacial score (nSPS) is 10.9. The molecule has 43 heavy (non-hydrogen) atoms. The molecule has 0 aliphatic carbocycles. The minimum absolute atomic E-state index is 0. The Hall–Kier alpha value is -2.04. The average molecular weight is 605 g/mol. The van der Waals surface area contributed by atoms with E-state index < -0.39 is 0 Å². The van der Waals surface area contributed by atoms with Crippen molar-refractivity contribution >= 4 is 0 Å². The fourth-order valence-corrected chi connectivity index (χ4v) is 4.00. The Morgan fingerprint density at radius 2 is 0.837 bits per heavy atom. The average Bonchev–Trinajstić information content (AvgIpc) is 2.98. The van der Waals surface area contributed by atoms with Crippen molar-refractivity contribution in [3.63, 3.8) is 0 Å². The van der Waals surface area contributed by atoms with Gasteiger partial charge in [-0.2, -0.15) is 21.0 Å². The Labute approximate surface area is 274 Å². The Balaban J connectivity index is -0.0000000785. The molecule has 0 spiro atoms. The van der Waals surface area contributed by atoms with Gasteiger partial charge in [0.25, 0.3) is 0 Å². The zero-order chi connectivity index (χ0) is 31.1. The summed E-state index contributed by atoms with van der Waals surface area (Å²) in [4.78, 5) is 0. The second kappa shape index (κ2) is 55.8. The summed E-state index contributed by atoms with van der Waals surface area (Å²) in [5.41, 5.74) is 0. The van der Waals surface area contributed by atoms with Crippen LogP contribution in [0.1, 0.15) is 212 Å². The summed E-state index contributed by atoms with van der Waals surface area (Å²) in [7, 11) is 0. The minimum atomic E-state index is 0. The molecule has 0 amide bonds. The van der Waals surface area contributed by atoms with E-state index in [-0.39, 0.29) is 28.2 Å². The Kier molecular flexibility index (Phi) is 73.6. The summed E-state index contributed by atoms with van der Waals surface area (Å²) in [5.74, 6) is 0.897. The van der Waals surface area contributed by atoms with Crippen LogP contribution in [0.2, 0.25) is 0 Å². The van der Waals surface area contributed by atoms with Gasteiger partial charge in [-0.15, -0.1) is 0 Å². The third-order valence-electron chi connectivity index (χ3n) is 6.91. The molecule has 0 aliphatic heterocycles. The van der Waals surface area contributed by atoms with Gasteiger partial charge in [-0.05, 0) is 45.4 Å². The van der Waals surface area contributed by atoms with E-state index in [4.69, 9.17) is 21.0 Å². The lowest BCUT2D eigenvalue weighted by atomic mass is 9.99. The molecular weight excluding hydrogens is 524 g/mol. The molecule has 0 N–H and O–H groups in total. The maximum atomic E-state index is 8.63. The summed E-state index contributed by atoms with van der Waals surface area (Å²) in [6.07, 6.45) is 26.2. The maximum Gasteiger partial charge on any atom is 0.0655 e. The molecule has 3 atom stereocenters. The number of unbranched alkanes of at least 4 members (excludes halogenated alkanes) is 12. The summed E-state index contributed by atoms with van der Waals surface area (Å²) in [5, 5.41) is 33.9. The van der Waals surface area contributed by atoms with E-state index in [1.165, 1.54) is 89.9 Å². The highest BCUT2D eigenvalue weighted by Crippen LogP contribution is 2.13. The predicted molar refractivity (Wildman–Crippen MR) is 194 cm³/mol. The Morgan fingerprint density at radius 1 is 0.419 bits per heavy atom. The van der Waals surface area contributed by atoms with Crippen LogP contribution in [-0.4, -0.2) is 0 Å². The minimum Gasteiger partial charge on any atom is -0.198 e. The molecule has 0 saturated carbocycles. The monoisotopic (exact) mass is 605 g/mol. The molecule has 0 fully saturated rings. The van der Waals surface area contributed by atoms with E-state index in [0.717, 1.165) is 51.4 Å². The molecule has 0 aromatic carbocycles. The van der Waals surface area contributed by atoms with Gasteiger partial charge in [0.05, 0.1) is 24.3 Å². The van der Waals surface area contributed by atoms with Gasteiger partial charge in [0.15, 0.2) is 0 Å². The van der Waals surface area contributed by atoms with Crippen LogP contribution in [0, 0.1) is 63.1 Å². The highest BCUT2D eigenvalue weighted by atomic mass is 14.3. The Bertz CT molecular complexity index is 617. The van der Waals surface area contributed by atoms with Gasteiger partial charge in [-0.1, -0.05) is 160 Å². The van der Waals surface area contributed by atoms with Crippen molar-refractivity contribution in [1.29, 1.82) is 21.0 Å². The fraction of sp³-hybridized carbons (Fsp3) is 0.897. The molecule has 0 saturated heterocycles. The van der Waals surface area contributed by atoms with Crippen molar-refractivity contribution in [1.82, 2.24) is 0 Å². The first-order valence-electron chi connectivity index (χ1n) is 17.0. The second-order valence-corrected chi connectivity index (χ2v) is 11.0. The lowest BCUT2D eigenvalue weighted by Crippen LogP contribution is -1.95. The first-order valence-corrected chi connectivity index (χ1v) is 17.0. The molecular formula is C39H80N4. The topological polar surface area (TPSA) is 95.2 Å². The molecule has 0 heterocycles. The molecule has 0 rings (SSSR count). The molecule has 0 aromatic rings. The molecule has 0 aliphatic rings. The summed E-state index contributed by atoms with van der Waals surface area (Å²) in [6, 6.07) is 9.05. The third-order valence-corrected chi connectivity index (χ3v) is 6.91. The summed E-state index contributed by atoms with van der Waals surface area (Å²) < 4.78 is 0. The van der Waals surface area contributed by atoms with Crippen LogP contribution in [0.25, 0.3) is 0 Å². The molecule has 256 valence electrons. The first-order chi connectivity index (χ1) is 19.4. The fourth-order valence-electron chi connectivity index (χ4n) is 4.00. The molecule has 0 radical (unpaired) electrons. The van der Waals surface area contributed by atoms with Crippen molar-refractivity contribution < 1.29 is 0 Å². The van der Waals surface area contributed by atoms with E-state index in [1.54, 1.807) is 0 Å². The standard InChI is InChI=1S/4C9H17N.3CH4/c1-3-4-5-6-7-9(2)8-10;1-3-5-6-7-9(4-2)8-10;1-3-5-7-9(8-10)6-4-2;1-2-3-4-5-6-7-8-9-10;;;/h3*9H,3-7H2,1-2H3;2-8H2,1H3;3*1H4. The molecule has 3 unspecified atom stereocenters. The zero-order valence-electron chi connectivity index (χ0n) is 28.1. The van der Waals surface area contributed by atoms with Crippen LogP contribution >= 0.6 is 0 Å². The van der Waals surface area contributed by atoms with Gasteiger partial charge < -0.3 is 0 Å². The lowest BCUT2D eigenvalue weighted by Gasteiger charge is -2.04. The SMILES string of the molecule is C.C.C.CCCCC(C#N)CCC.CCCCCC(C#N)CC.CCCCCCC(C)C#N.CCCCCCCCC#N. The molecule has 4 nitrogen and oxygen atoms in total. The highest BCUT2D eigenvalue weighted by molar-refractivity contribution is 4.82. The number of nitriles is 4. The zero-order valence-corrected chi connectivity index (χ0v) is 28.1. The van der Waals surface area contributed by atoms with Crippen molar-refractivity contribution in [3.05, 3.63) is 0 Å². The van der Waals surface area contributed by atoms with Crippen LogP contribution in [0.15, 0.2) is 0 Å². The number of hydrogen-bond acceptors (Lipinski definition) is 4. The van der Waals surface area contributed by atoms with Gasteiger partial charge in [0.1, 0.15) is 0 Å². The highest BCUT2D eigenvalue weighted by Gasteiger charge is 2.03. The van der Waals surface area contributed by atoms with Crippen LogP contribution < -0.4 is 0 Å². The van der Waals surface area contributed by atoms with Crippen molar-refractivity contribution in [3.8, 4) is 24.3 Å². The van der Waals surface area contributed by atoms with Crippen LogP contribution in [0.5, 0.6) is 0 Å². The van der Waals surface area contributed by atoms with Gasteiger partial charge in [-0.25, -0.2) is 0 Å². The van der Waals surface area contributed by atoms with Crippen LogP contribution in [0.3, 0.4) is 0 Å². The van der Waals surface area contributed by atoms with Gasteiger partial charge in [0, 0.05) is 24.2 Å². The number of hydrogen-bond donors (Lipinski definition) is 0. The third kappa shape index (κ3) is 60.1. The number of nitrogens with zero attached hydrogens (tertiary/aromatic N) is 4. The van der Waals surface area contributed by atoms with E-state index in [9.17, 15) is 0 Å². The summed E-state index contributed by atoms with van der Waals surface area (Å²) >= 11 is 0. The summed E-state index contributed by atoms with van der Waals surface area (Å²) in [6.45, 7) is 15.0. The van der Waals surface area contributed by atoms with Crippen molar-refractivity contribution in [2.24, 2.45) is 17.8 Å². The van der Waals surface area contributed by atoms with Gasteiger partial charge in [-0.3, -0.25) is 0 Å². The van der Waals surface area contributed by atoms with Crippen LogP contribution in [-0.2, 0) is 0 Å². The first kappa shape index (κ1) is 56.7. The van der Waals surface area contributed by atoms with E-state index in [1.807, 2.05) is 6.92 Å². The van der Waals surface area contributed by atoms with E-state index in [0.29, 0.717) is 11.8 Å². The van der Waals surface area contributed by atoms with Gasteiger partial charge in [0.2, 0.25) is 0 Å². The largest absolute Gasteiger partial charge is 0.198 e. The Morgan fingerprint density at radius 3 is 1.26 bits per heavy atom. The van der Waals surface area contributed by atoms with Gasteiger partial charge >= 0.3 is 0 Å². The second-order valence-electron chi connectivity index (χ2n) is 11.0. The molecule has 4 heteroatoms. The van der Waals surface area contributed by atoms with E-state index >= 15 is 0 Å². The molecule has 0 aromatic heterocycles. The lowest BCUT2D eigenvalue weighted by molar-refractivity contribution is 0.522. The smallest absolute Gasteiger partial charge is 0.0655 e. The van der Waals surface area contributed by atoms with Crippen LogP contribution in [0.4, 0.5) is 0 Å². The maximum absolute atomic E-state index is 8.63. The predicted octanol–water partition coefficient (Wildman–Crippen LogP) is 14.5. The van der Waals surface area contributed by atoms with Crippen molar-refractivity contribution in [2.75, 3.05) is 0 Å². The molecule has 0 bridgehead atoms. The van der Waals surface area contributed by atoms with E-state index in [2.05, 4.69) is 65.8 Å². The quantitative estimate of drug-likeness (QED) is 0.122.